The van der Waals surface area contributed by atoms with Crippen molar-refractivity contribution >= 4 is 85.5 Å². The number of rotatable bonds is 5. The first-order valence-electron chi connectivity index (χ1n) is 34.6. The summed E-state index contributed by atoms with van der Waals surface area (Å²) in [5, 5.41) is 1.04. The number of furan rings is 1. The van der Waals surface area contributed by atoms with Gasteiger partial charge in [-0.2, -0.15) is 0 Å². The minimum Gasteiger partial charge on any atom is -0.468 e. The number of hydrogen-bond donors (Lipinski definition) is 0. The quantitative estimate of drug-likeness (QED) is 0.160. The van der Waals surface area contributed by atoms with Gasteiger partial charge in [-0.15, -0.1) is 0 Å². The van der Waals surface area contributed by atoms with E-state index < -0.39 is 6.04 Å². The Balaban J connectivity index is 1.19. The topological polar surface area (TPSA) is 22.9 Å². The summed E-state index contributed by atoms with van der Waals surface area (Å²) >= 11 is 0. The second-order valence-corrected chi connectivity index (χ2v) is 33.3. The van der Waals surface area contributed by atoms with Crippen molar-refractivity contribution in [1.82, 2.24) is 0 Å². The third kappa shape index (κ3) is 8.55. The Morgan fingerprint density at radius 2 is 0.859 bits per heavy atom. The van der Waals surface area contributed by atoms with Gasteiger partial charge >= 0.3 is 0 Å². The van der Waals surface area contributed by atoms with Crippen LogP contribution in [-0.2, 0) is 48.7 Å². The first kappa shape index (κ1) is 50.7. The molecule has 85 heavy (non-hydrogen) atoms. The SMILES string of the molecule is [2H]c1c([2H])c([2H])c(N(c2cc3c4c(c2)N(c2ccc5c(c2)C(C)(C)CCC5(C)C)c2c(oc5ccc(C(C)(C)C)cc25)B4c2cc4c(cc2N3c2ccc3c(c2)C(C)(C)CCC3(C)C)C(C)(C)CCC4(C)C)c2ccc3c(c2)C(C)(C)CCC3(C)C)c([2H])c1[2H]. The Morgan fingerprint density at radius 3 is 1.36 bits per heavy atom. The summed E-state index contributed by atoms with van der Waals surface area (Å²) in [7, 11) is 0. The molecule has 0 saturated heterocycles. The predicted octanol–water partition coefficient (Wildman–Crippen LogP) is 20.7. The highest BCUT2D eigenvalue weighted by Gasteiger charge is 2.51. The van der Waals surface area contributed by atoms with Crippen molar-refractivity contribution in [1.29, 1.82) is 0 Å². The highest BCUT2D eigenvalue weighted by molar-refractivity contribution is 7.00. The van der Waals surface area contributed by atoms with Crippen molar-refractivity contribution in [2.45, 2.75) is 232 Å². The number of fused-ring (bicyclic) bond motifs is 10. The summed E-state index contributed by atoms with van der Waals surface area (Å²) in [5.74, 6) is 0. The highest BCUT2D eigenvalue weighted by Crippen LogP contribution is 2.57. The molecule has 0 unspecified atom stereocenters. The molecule has 0 saturated carbocycles. The van der Waals surface area contributed by atoms with E-state index in [4.69, 9.17) is 5.79 Å². The molecule has 0 amide bonds. The lowest BCUT2D eigenvalue weighted by atomic mass is 9.35. The van der Waals surface area contributed by atoms with Crippen LogP contribution < -0.4 is 31.3 Å². The van der Waals surface area contributed by atoms with Crippen LogP contribution in [0, 0.1) is 0 Å². The van der Waals surface area contributed by atoms with Crippen LogP contribution in [0.4, 0.5) is 51.2 Å². The largest absolute Gasteiger partial charge is 0.468 e. The second-order valence-electron chi connectivity index (χ2n) is 33.3. The summed E-state index contributed by atoms with van der Waals surface area (Å²) in [5.41, 5.74) is 22.7. The van der Waals surface area contributed by atoms with Crippen LogP contribution in [0.3, 0.4) is 0 Å². The van der Waals surface area contributed by atoms with Gasteiger partial charge in [-0.1, -0.05) is 180 Å². The van der Waals surface area contributed by atoms with Crippen LogP contribution in [0.5, 0.6) is 0 Å². The summed E-state index contributed by atoms with van der Waals surface area (Å²) in [6.07, 6.45) is 8.45. The maximum atomic E-state index is 10.0. The van der Waals surface area contributed by atoms with Gasteiger partial charge in [0.1, 0.15) is 5.58 Å². The minimum atomic E-state index is -0.417. The molecule has 2 aliphatic heterocycles. The maximum Gasteiger partial charge on any atom is 0.297 e. The maximum absolute atomic E-state index is 10.0. The molecule has 438 valence electrons. The van der Waals surface area contributed by atoms with E-state index in [1.807, 2.05) is 4.90 Å². The number of hydrogen-bond acceptors (Lipinski definition) is 4. The Bertz CT molecular complexity index is 4380. The number of anilines is 9. The molecule has 3 heterocycles. The molecule has 0 N–H and O–H groups in total. The zero-order valence-corrected chi connectivity index (χ0v) is 54.7. The van der Waals surface area contributed by atoms with Crippen LogP contribution >= 0.6 is 0 Å². The summed E-state index contributed by atoms with van der Waals surface area (Å²) in [6, 6.07) is 36.1. The van der Waals surface area contributed by atoms with Crippen molar-refractivity contribution in [3.05, 3.63) is 177 Å². The number of para-hydroxylation sites is 1. The molecule has 0 bridgehead atoms. The van der Waals surface area contributed by atoms with Crippen molar-refractivity contribution < 1.29 is 11.3 Å². The third-order valence-electron chi connectivity index (χ3n) is 22.7. The lowest BCUT2D eigenvalue weighted by molar-refractivity contribution is 0.332. The fraction of sp³-hybridized carbons (Fsp3) is 0.450. The van der Waals surface area contributed by atoms with Crippen LogP contribution in [0.25, 0.3) is 11.0 Å². The second kappa shape index (κ2) is 18.1. The van der Waals surface area contributed by atoms with E-state index in [1.165, 1.54) is 55.5 Å². The van der Waals surface area contributed by atoms with Gasteiger partial charge in [-0.25, -0.2) is 0 Å². The molecule has 0 radical (unpaired) electrons. The van der Waals surface area contributed by atoms with Crippen LogP contribution in [0.2, 0.25) is 0 Å². The molecule has 0 atom stereocenters. The minimum absolute atomic E-state index is 0.0190. The molecule has 0 fully saturated rings. The van der Waals surface area contributed by atoms with E-state index in [0.29, 0.717) is 5.69 Å². The fourth-order valence-corrected chi connectivity index (χ4v) is 16.6. The van der Waals surface area contributed by atoms with E-state index in [-0.39, 0.29) is 85.3 Å². The predicted molar refractivity (Wildman–Crippen MR) is 365 cm³/mol. The molecular formula is C80H94BN3O. The van der Waals surface area contributed by atoms with Gasteiger partial charge in [0.25, 0.3) is 6.71 Å². The van der Waals surface area contributed by atoms with E-state index >= 15 is 0 Å². The van der Waals surface area contributed by atoms with Gasteiger partial charge < -0.3 is 19.1 Å². The van der Waals surface area contributed by atoms with Crippen molar-refractivity contribution in [3.63, 3.8) is 0 Å². The first-order chi connectivity index (χ1) is 41.8. The summed E-state index contributed by atoms with van der Waals surface area (Å²) in [4.78, 5) is 7.09. The Hall–Kier alpha value is -6.46. The average molecular weight is 1130 g/mol. The molecule has 1 aromatic heterocycles. The molecule has 7 aromatic carbocycles. The van der Waals surface area contributed by atoms with E-state index in [2.05, 4.69) is 238 Å². The summed E-state index contributed by atoms with van der Waals surface area (Å²) in [6.45, 7) is 44.8. The molecule has 4 nitrogen and oxygen atoms in total. The highest BCUT2D eigenvalue weighted by atomic mass is 16.3. The first-order valence-corrected chi connectivity index (χ1v) is 32.1. The molecule has 0 spiro atoms. The number of nitrogens with zero attached hydrogens (tertiary/aromatic N) is 3. The zero-order chi connectivity index (χ0) is 64.7. The fourth-order valence-electron chi connectivity index (χ4n) is 16.6. The third-order valence-corrected chi connectivity index (χ3v) is 22.7. The lowest BCUT2D eigenvalue weighted by Gasteiger charge is -2.47. The zero-order valence-electron chi connectivity index (χ0n) is 59.7. The average Bonchev–Trinajstić information content (AvgIpc) is 1.16. The molecule has 4 aliphatic carbocycles. The van der Waals surface area contributed by atoms with E-state index in [0.717, 1.165) is 113 Å². The van der Waals surface area contributed by atoms with Gasteiger partial charge in [-0.3, -0.25) is 0 Å². The van der Waals surface area contributed by atoms with Gasteiger partial charge in [-0.05, 0) is 240 Å². The molecule has 14 rings (SSSR count). The summed E-state index contributed by atoms with van der Waals surface area (Å²) < 4.78 is 55.6. The van der Waals surface area contributed by atoms with Crippen LogP contribution in [0.1, 0.15) is 240 Å². The lowest BCUT2D eigenvalue weighted by Crippen LogP contribution is -2.61. The normalized spacial score (nSPS) is 21.8. The van der Waals surface area contributed by atoms with Crippen molar-refractivity contribution in [3.8, 4) is 0 Å². The molecular weight excluding hydrogens is 1030 g/mol. The number of benzene rings is 7. The smallest absolute Gasteiger partial charge is 0.297 e. The van der Waals surface area contributed by atoms with Crippen molar-refractivity contribution in [2.75, 3.05) is 14.7 Å². The Labute approximate surface area is 517 Å². The van der Waals surface area contributed by atoms with Crippen LogP contribution in [-0.4, -0.2) is 6.71 Å². The van der Waals surface area contributed by atoms with Crippen molar-refractivity contribution in [2.24, 2.45) is 0 Å². The van der Waals surface area contributed by atoms with Gasteiger partial charge in [0.2, 0.25) is 0 Å². The molecule has 5 heteroatoms. The Kier molecular flexibility index (Phi) is 10.8. The molecule has 8 aromatic rings. The van der Waals surface area contributed by atoms with Gasteiger partial charge in [0, 0.05) is 45.2 Å². The van der Waals surface area contributed by atoms with Gasteiger partial charge in [0.05, 0.1) is 23.9 Å². The van der Waals surface area contributed by atoms with E-state index in [1.54, 1.807) is 0 Å². The standard InChI is InChI=1S/C80H94BN3O/c1-72(2,3)49-25-32-68-55(41-49)70-71(85-68)81-64-47-62-63(80(18,19)40-39-79(62,16)17)48-65(64)83(52-27-30-57-60(43-52)77(12,13)37-34-74(57,6)7)66-45-54(46-67(69(66)81)84(70)53-28-31-58-61(44-53)78(14,15)38-35-75(58,8)9)82(50-23-21-20-22-24-50)51-26-29-56-59(42-51)76(10,11)36-33-73(56,4)5/h20-32,41-48H,33-40H2,1-19H3/i20D,21D,22D,23D,24D. The molecule has 6 aliphatic rings. The van der Waals surface area contributed by atoms with Gasteiger partial charge in [0.15, 0.2) is 0 Å². The Morgan fingerprint density at radius 1 is 0.424 bits per heavy atom. The monoisotopic (exact) mass is 1130 g/mol. The van der Waals surface area contributed by atoms with Crippen LogP contribution in [0.15, 0.2) is 132 Å². The van der Waals surface area contributed by atoms with E-state index in [9.17, 15) is 5.48 Å².